The second-order valence-electron chi connectivity index (χ2n) is 6.75. The van der Waals surface area contributed by atoms with E-state index in [0.717, 1.165) is 24.5 Å². The topological polar surface area (TPSA) is 135 Å². The van der Waals surface area contributed by atoms with E-state index >= 15 is 0 Å². The first kappa shape index (κ1) is 21.9. The lowest BCUT2D eigenvalue weighted by atomic mass is 10.1. The van der Waals surface area contributed by atoms with Crippen LogP contribution >= 0.6 is 0 Å². The monoisotopic (exact) mass is 453 g/mol. The van der Waals surface area contributed by atoms with Crippen molar-refractivity contribution in [3.8, 4) is 0 Å². The standard InChI is InChI=1S/C18H19N3O7S2/c1-29(25,26)17-12-14(11-15(13-17)21(23)24)18(22)19-7-9-20(10-8-19)30(27,28)16-5-3-2-4-6-16/h2-6,11-13H,7-10H2,1H3. The van der Waals surface area contributed by atoms with Crippen molar-refractivity contribution in [2.75, 3.05) is 32.4 Å². The predicted octanol–water partition coefficient (Wildman–Crippen LogP) is 1.14. The van der Waals surface area contributed by atoms with Gasteiger partial charge in [0.25, 0.3) is 11.6 Å². The molecule has 160 valence electrons. The molecule has 1 fully saturated rings. The number of carbonyl (C=O) groups excluding carboxylic acids is 1. The van der Waals surface area contributed by atoms with Gasteiger partial charge in [-0.1, -0.05) is 18.2 Å². The molecule has 10 nitrogen and oxygen atoms in total. The molecule has 0 saturated carbocycles. The number of carbonyl (C=O) groups is 1. The molecule has 30 heavy (non-hydrogen) atoms. The van der Waals surface area contributed by atoms with Gasteiger partial charge in [-0.3, -0.25) is 14.9 Å². The summed E-state index contributed by atoms with van der Waals surface area (Å²) in [5.41, 5.74) is -0.643. The highest BCUT2D eigenvalue weighted by Crippen LogP contribution is 2.23. The van der Waals surface area contributed by atoms with Crippen molar-refractivity contribution < 1.29 is 26.6 Å². The summed E-state index contributed by atoms with van der Waals surface area (Å²) in [7, 11) is -7.46. The number of hydrogen-bond acceptors (Lipinski definition) is 7. The highest BCUT2D eigenvalue weighted by Gasteiger charge is 2.31. The Bertz CT molecular complexity index is 1190. The Kier molecular flexibility index (Phi) is 5.92. The fourth-order valence-electron chi connectivity index (χ4n) is 3.08. The summed E-state index contributed by atoms with van der Waals surface area (Å²) in [6.45, 7) is 0.247. The molecule has 1 aliphatic rings. The van der Waals surface area contributed by atoms with Gasteiger partial charge in [-0.2, -0.15) is 4.31 Å². The van der Waals surface area contributed by atoms with E-state index in [9.17, 15) is 31.7 Å². The fourth-order valence-corrected chi connectivity index (χ4v) is 5.20. The number of hydrogen-bond donors (Lipinski definition) is 0. The number of sulfone groups is 1. The van der Waals surface area contributed by atoms with E-state index in [-0.39, 0.29) is 41.5 Å². The Labute approximate surface area is 173 Å². The first-order chi connectivity index (χ1) is 14.0. The zero-order valence-corrected chi connectivity index (χ0v) is 17.6. The van der Waals surface area contributed by atoms with Crippen molar-refractivity contribution in [1.29, 1.82) is 0 Å². The van der Waals surface area contributed by atoms with Crippen molar-refractivity contribution in [2.24, 2.45) is 0 Å². The van der Waals surface area contributed by atoms with Gasteiger partial charge >= 0.3 is 0 Å². The Hall–Kier alpha value is -2.83. The summed E-state index contributed by atoms with van der Waals surface area (Å²) in [5, 5.41) is 11.1. The molecule has 1 aliphatic heterocycles. The second kappa shape index (κ2) is 8.13. The average molecular weight is 453 g/mol. The molecule has 2 aromatic rings. The lowest BCUT2D eigenvalue weighted by Gasteiger charge is -2.34. The number of amides is 1. The molecule has 0 bridgehead atoms. The maximum absolute atomic E-state index is 12.8. The zero-order valence-electron chi connectivity index (χ0n) is 16.0. The molecule has 12 heteroatoms. The molecule has 1 amide bonds. The molecular weight excluding hydrogens is 434 g/mol. The minimum Gasteiger partial charge on any atom is -0.336 e. The van der Waals surface area contributed by atoms with Crippen LogP contribution in [-0.4, -0.2) is 69.3 Å². The molecule has 0 spiro atoms. The summed E-state index contributed by atoms with van der Waals surface area (Å²) in [5.74, 6) is -0.597. The van der Waals surface area contributed by atoms with Gasteiger partial charge in [-0.25, -0.2) is 16.8 Å². The number of piperazine rings is 1. The predicted molar refractivity (Wildman–Crippen MR) is 107 cm³/mol. The largest absolute Gasteiger partial charge is 0.336 e. The van der Waals surface area contributed by atoms with E-state index in [4.69, 9.17) is 0 Å². The maximum atomic E-state index is 12.8. The minimum atomic E-state index is -3.77. The fraction of sp³-hybridized carbons (Fsp3) is 0.278. The van der Waals surface area contributed by atoms with Crippen LogP contribution in [0.25, 0.3) is 0 Å². The number of benzene rings is 2. The summed E-state index contributed by atoms with van der Waals surface area (Å²) >= 11 is 0. The summed E-state index contributed by atoms with van der Waals surface area (Å²) < 4.78 is 50.3. The second-order valence-corrected chi connectivity index (χ2v) is 10.7. The van der Waals surface area contributed by atoms with Crippen LogP contribution in [0.15, 0.2) is 58.3 Å². The average Bonchev–Trinajstić information content (AvgIpc) is 2.73. The van der Waals surface area contributed by atoms with Crippen LogP contribution in [0.5, 0.6) is 0 Å². The normalized spacial score (nSPS) is 15.7. The van der Waals surface area contributed by atoms with E-state index in [1.165, 1.54) is 21.3 Å². The summed E-state index contributed by atoms with van der Waals surface area (Å²) in [4.78, 5) is 24.4. The SMILES string of the molecule is CS(=O)(=O)c1cc(C(=O)N2CCN(S(=O)(=O)c3ccccc3)CC2)cc([N+](=O)[O-])c1. The van der Waals surface area contributed by atoms with Gasteiger partial charge in [0.2, 0.25) is 10.0 Å². The molecule has 1 saturated heterocycles. The van der Waals surface area contributed by atoms with Gasteiger partial charge in [0, 0.05) is 50.1 Å². The third-order valence-corrected chi connectivity index (χ3v) is 7.69. The van der Waals surface area contributed by atoms with Crippen molar-refractivity contribution in [2.45, 2.75) is 9.79 Å². The van der Waals surface area contributed by atoms with E-state index in [2.05, 4.69) is 0 Å². The van der Waals surface area contributed by atoms with Gasteiger partial charge in [0.15, 0.2) is 9.84 Å². The molecule has 0 unspecified atom stereocenters. The lowest BCUT2D eigenvalue weighted by Crippen LogP contribution is -2.50. The quantitative estimate of drug-likeness (QED) is 0.489. The molecule has 1 heterocycles. The smallest absolute Gasteiger partial charge is 0.271 e. The molecule has 3 rings (SSSR count). The highest BCUT2D eigenvalue weighted by atomic mass is 32.2. The van der Waals surface area contributed by atoms with Crippen LogP contribution in [0.1, 0.15) is 10.4 Å². The van der Waals surface area contributed by atoms with Crippen molar-refractivity contribution in [1.82, 2.24) is 9.21 Å². The van der Waals surface area contributed by atoms with Crippen LogP contribution in [-0.2, 0) is 19.9 Å². The Balaban J connectivity index is 1.80. The summed E-state index contributed by atoms with van der Waals surface area (Å²) in [6, 6.07) is 10.9. The van der Waals surface area contributed by atoms with E-state index < -0.39 is 36.4 Å². The van der Waals surface area contributed by atoms with Crippen LogP contribution in [0.3, 0.4) is 0 Å². The molecule has 0 radical (unpaired) electrons. The Morgan fingerprint density at radius 1 is 0.933 bits per heavy atom. The van der Waals surface area contributed by atoms with E-state index in [1.54, 1.807) is 18.2 Å². The van der Waals surface area contributed by atoms with Crippen LogP contribution < -0.4 is 0 Å². The Morgan fingerprint density at radius 3 is 2.07 bits per heavy atom. The van der Waals surface area contributed by atoms with Crippen LogP contribution in [0.4, 0.5) is 5.69 Å². The number of non-ortho nitro benzene ring substituents is 1. The zero-order chi connectivity index (χ0) is 22.1. The molecule has 2 aromatic carbocycles. The van der Waals surface area contributed by atoms with E-state index in [1.807, 2.05) is 0 Å². The third-order valence-electron chi connectivity index (χ3n) is 4.68. The van der Waals surface area contributed by atoms with Gasteiger partial charge < -0.3 is 4.90 Å². The summed E-state index contributed by atoms with van der Waals surface area (Å²) in [6.07, 6.45) is 0.896. The number of nitro groups is 1. The number of nitrogens with zero attached hydrogens (tertiary/aromatic N) is 3. The van der Waals surface area contributed by atoms with Crippen molar-refractivity contribution in [3.63, 3.8) is 0 Å². The maximum Gasteiger partial charge on any atom is 0.271 e. The lowest BCUT2D eigenvalue weighted by molar-refractivity contribution is -0.385. The van der Waals surface area contributed by atoms with Crippen LogP contribution in [0.2, 0.25) is 0 Å². The molecular formula is C18H19N3O7S2. The number of sulfonamides is 1. The third kappa shape index (κ3) is 4.50. The minimum absolute atomic E-state index is 0.0524. The first-order valence-corrected chi connectivity index (χ1v) is 12.2. The van der Waals surface area contributed by atoms with E-state index in [0.29, 0.717) is 0 Å². The van der Waals surface area contributed by atoms with Gasteiger partial charge in [0.05, 0.1) is 14.7 Å². The highest BCUT2D eigenvalue weighted by molar-refractivity contribution is 7.90. The molecule has 0 N–H and O–H groups in total. The molecule has 0 aliphatic carbocycles. The molecule has 0 aromatic heterocycles. The van der Waals surface area contributed by atoms with Gasteiger partial charge in [-0.15, -0.1) is 0 Å². The van der Waals surface area contributed by atoms with Crippen molar-refractivity contribution >= 4 is 31.5 Å². The number of nitro benzene ring substituents is 1. The molecule has 0 atom stereocenters. The van der Waals surface area contributed by atoms with Gasteiger partial charge in [0.1, 0.15) is 0 Å². The Morgan fingerprint density at radius 2 is 1.53 bits per heavy atom. The first-order valence-electron chi connectivity index (χ1n) is 8.84. The van der Waals surface area contributed by atoms with Crippen molar-refractivity contribution in [3.05, 3.63) is 64.2 Å². The van der Waals surface area contributed by atoms with Gasteiger partial charge in [-0.05, 0) is 18.2 Å². The number of rotatable bonds is 5. The van der Waals surface area contributed by atoms with Crippen LogP contribution in [0, 0.1) is 10.1 Å².